The highest BCUT2D eigenvalue weighted by Gasteiger charge is 2.27. The zero-order valence-corrected chi connectivity index (χ0v) is 18.4. The quantitative estimate of drug-likeness (QED) is 0.628. The molecule has 8 heteroatoms. The standard InChI is InChI=1S/C23H25ClN6O/c1-3-21-25-10-16(11-26-21)13-30-9-8-17(14-30)22-27-12-20(15(2)28-22)23(31)29-19-6-4-18(24)5-7-19/h4-7,10-12,17H,3,8-9,13-14H2,1-2H3,(H,29,31)/t17-/m1/s1. The van der Waals surface area contributed by atoms with Crippen LogP contribution in [0.5, 0.6) is 0 Å². The van der Waals surface area contributed by atoms with Crippen molar-refractivity contribution in [2.45, 2.75) is 39.2 Å². The Morgan fingerprint density at radius 2 is 1.90 bits per heavy atom. The van der Waals surface area contributed by atoms with Crippen molar-refractivity contribution < 1.29 is 4.79 Å². The summed E-state index contributed by atoms with van der Waals surface area (Å²) in [5.74, 6) is 1.69. The van der Waals surface area contributed by atoms with Crippen molar-refractivity contribution in [2.75, 3.05) is 18.4 Å². The fraction of sp³-hybridized carbons (Fsp3) is 0.348. The molecule has 3 aromatic rings. The number of carbonyl (C=O) groups is 1. The van der Waals surface area contributed by atoms with Crippen LogP contribution in [0.1, 0.15) is 52.5 Å². The number of aryl methyl sites for hydroxylation is 2. The summed E-state index contributed by atoms with van der Waals surface area (Å²) >= 11 is 5.90. The van der Waals surface area contributed by atoms with Crippen LogP contribution in [0.3, 0.4) is 0 Å². The van der Waals surface area contributed by atoms with E-state index in [0.29, 0.717) is 22.0 Å². The van der Waals surface area contributed by atoms with E-state index in [4.69, 9.17) is 11.6 Å². The Kier molecular flexibility index (Phi) is 6.53. The predicted molar refractivity (Wildman–Crippen MR) is 120 cm³/mol. The fourth-order valence-corrected chi connectivity index (χ4v) is 3.85. The van der Waals surface area contributed by atoms with Gasteiger partial charge < -0.3 is 5.32 Å². The first-order valence-electron chi connectivity index (χ1n) is 10.4. The van der Waals surface area contributed by atoms with E-state index in [-0.39, 0.29) is 11.8 Å². The van der Waals surface area contributed by atoms with Gasteiger partial charge in [0.05, 0.1) is 11.3 Å². The summed E-state index contributed by atoms with van der Waals surface area (Å²) in [7, 11) is 0. The Hall–Kier alpha value is -2.90. The molecular weight excluding hydrogens is 412 g/mol. The second-order valence-electron chi connectivity index (χ2n) is 7.77. The molecule has 0 radical (unpaired) electrons. The first-order chi connectivity index (χ1) is 15.0. The lowest BCUT2D eigenvalue weighted by atomic mass is 10.1. The van der Waals surface area contributed by atoms with Gasteiger partial charge in [-0.1, -0.05) is 18.5 Å². The summed E-state index contributed by atoms with van der Waals surface area (Å²) in [5, 5.41) is 3.48. The van der Waals surface area contributed by atoms with Crippen LogP contribution >= 0.6 is 11.6 Å². The predicted octanol–water partition coefficient (Wildman–Crippen LogP) is 4.03. The molecule has 0 unspecified atom stereocenters. The summed E-state index contributed by atoms with van der Waals surface area (Å²) in [6.07, 6.45) is 7.28. The van der Waals surface area contributed by atoms with E-state index in [1.165, 1.54) is 0 Å². The lowest BCUT2D eigenvalue weighted by Gasteiger charge is -2.16. The van der Waals surface area contributed by atoms with Crippen LogP contribution in [0.15, 0.2) is 42.9 Å². The zero-order chi connectivity index (χ0) is 21.8. The number of carbonyl (C=O) groups excluding carboxylic acids is 1. The molecule has 1 aromatic carbocycles. The highest BCUT2D eigenvalue weighted by molar-refractivity contribution is 6.30. The molecule has 1 fully saturated rings. The molecule has 1 saturated heterocycles. The number of rotatable bonds is 6. The number of hydrogen-bond acceptors (Lipinski definition) is 6. The maximum atomic E-state index is 12.6. The fourth-order valence-electron chi connectivity index (χ4n) is 3.73. The summed E-state index contributed by atoms with van der Waals surface area (Å²) in [5.41, 5.74) is 2.95. The summed E-state index contributed by atoms with van der Waals surface area (Å²) < 4.78 is 0. The molecule has 160 valence electrons. The second kappa shape index (κ2) is 9.49. The first-order valence-corrected chi connectivity index (χ1v) is 10.8. The van der Waals surface area contributed by atoms with E-state index in [1.807, 2.05) is 19.3 Å². The van der Waals surface area contributed by atoms with Gasteiger partial charge >= 0.3 is 0 Å². The number of nitrogens with zero attached hydrogens (tertiary/aromatic N) is 5. The highest BCUT2D eigenvalue weighted by atomic mass is 35.5. The molecule has 1 atom stereocenters. The van der Waals surface area contributed by atoms with Crippen molar-refractivity contribution in [3.05, 3.63) is 76.3 Å². The van der Waals surface area contributed by atoms with Crippen LogP contribution < -0.4 is 5.32 Å². The van der Waals surface area contributed by atoms with E-state index in [9.17, 15) is 4.79 Å². The van der Waals surface area contributed by atoms with Gasteiger partial charge in [-0.2, -0.15) is 0 Å². The van der Waals surface area contributed by atoms with Crippen molar-refractivity contribution in [1.29, 1.82) is 0 Å². The average Bonchev–Trinajstić information content (AvgIpc) is 3.24. The van der Waals surface area contributed by atoms with Crippen LogP contribution in [0.2, 0.25) is 5.02 Å². The van der Waals surface area contributed by atoms with Gasteiger partial charge in [0.25, 0.3) is 5.91 Å². The van der Waals surface area contributed by atoms with Gasteiger partial charge in [-0.25, -0.2) is 19.9 Å². The Morgan fingerprint density at radius 1 is 1.16 bits per heavy atom. The summed E-state index contributed by atoms with van der Waals surface area (Å²) in [4.78, 5) is 32.9. The van der Waals surface area contributed by atoms with Crippen LogP contribution in [-0.4, -0.2) is 43.8 Å². The number of anilines is 1. The van der Waals surface area contributed by atoms with E-state index in [2.05, 4.69) is 37.1 Å². The van der Waals surface area contributed by atoms with E-state index in [0.717, 1.165) is 49.7 Å². The molecule has 3 heterocycles. The lowest BCUT2D eigenvalue weighted by molar-refractivity contribution is 0.102. The first kappa shape index (κ1) is 21.3. The molecule has 7 nitrogen and oxygen atoms in total. The normalized spacial score (nSPS) is 16.4. The van der Waals surface area contributed by atoms with Gasteiger partial charge in [-0.3, -0.25) is 9.69 Å². The van der Waals surface area contributed by atoms with E-state index in [1.54, 1.807) is 30.5 Å². The number of aromatic nitrogens is 4. The topological polar surface area (TPSA) is 83.9 Å². The number of hydrogen-bond donors (Lipinski definition) is 1. The molecule has 0 bridgehead atoms. The smallest absolute Gasteiger partial charge is 0.259 e. The Balaban J connectivity index is 1.38. The number of halogens is 1. The summed E-state index contributed by atoms with van der Waals surface area (Å²) in [6.45, 7) is 6.57. The van der Waals surface area contributed by atoms with Crippen molar-refractivity contribution in [1.82, 2.24) is 24.8 Å². The van der Waals surface area contributed by atoms with Crippen molar-refractivity contribution >= 4 is 23.2 Å². The van der Waals surface area contributed by atoms with Crippen LogP contribution in [-0.2, 0) is 13.0 Å². The molecule has 1 N–H and O–H groups in total. The summed E-state index contributed by atoms with van der Waals surface area (Å²) in [6, 6.07) is 7.00. The number of amides is 1. The molecule has 0 spiro atoms. The van der Waals surface area contributed by atoms with Crippen molar-refractivity contribution in [2.24, 2.45) is 0 Å². The third-order valence-corrected chi connectivity index (χ3v) is 5.72. The van der Waals surface area contributed by atoms with Crippen molar-refractivity contribution in [3.63, 3.8) is 0 Å². The monoisotopic (exact) mass is 436 g/mol. The average molecular weight is 437 g/mol. The van der Waals surface area contributed by atoms with Crippen LogP contribution in [0, 0.1) is 6.92 Å². The Morgan fingerprint density at radius 3 is 2.58 bits per heavy atom. The second-order valence-corrected chi connectivity index (χ2v) is 8.21. The maximum Gasteiger partial charge on any atom is 0.259 e. The third kappa shape index (κ3) is 5.24. The van der Waals surface area contributed by atoms with Crippen LogP contribution in [0.25, 0.3) is 0 Å². The highest BCUT2D eigenvalue weighted by Crippen LogP contribution is 2.26. The van der Waals surface area contributed by atoms with Gasteiger partial charge in [-0.15, -0.1) is 0 Å². The molecule has 2 aromatic heterocycles. The molecule has 4 rings (SSSR count). The molecule has 1 aliphatic rings. The molecular formula is C23H25ClN6O. The van der Waals surface area contributed by atoms with Gasteiger partial charge in [-0.05, 0) is 44.2 Å². The molecule has 0 aliphatic carbocycles. The molecule has 31 heavy (non-hydrogen) atoms. The molecule has 0 saturated carbocycles. The number of likely N-dealkylation sites (tertiary alicyclic amines) is 1. The Labute approximate surface area is 186 Å². The van der Waals surface area contributed by atoms with Gasteiger partial charge in [0, 0.05) is 60.3 Å². The number of benzene rings is 1. The third-order valence-electron chi connectivity index (χ3n) is 5.46. The van der Waals surface area contributed by atoms with E-state index >= 15 is 0 Å². The number of nitrogens with one attached hydrogen (secondary N) is 1. The Bertz CT molecular complexity index is 1050. The minimum atomic E-state index is -0.227. The molecule has 1 aliphatic heterocycles. The minimum Gasteiger partial charge on any atom is -0.322 e. The maximum absolute atomic E-state index is 12.6. The minimum absolute atomic E-state index is 0.227. The SMILES string of the molecule is CCc1ncc(CN2CC[C@@H](c3ncc(C(=O)Nc4ccc(Cl)cc4)c(C)n3)C2)cn1. The van der Waals surface area contributed by atoms with Crippen molar-refractivity contribution in [3.8, 4) is 0 Å². The molecule has 1 amide bonds. The van der Waals surface area contributed by atoms with Crippen LogP contribution in [0.4, 0.5) is 5.69 Å². The van der Waals surface area contributed by atoms with Gasteiger partial charge in [0.15, 0.2) is 0 Å². The van der Waals surface area contributed by atoms with Gasteiger partial charge in [0.2, 0.25) is 0 Å². The largest absolute Gasteiger partial charge is 0.322 e. The zero-order valence-electron chi connectivity index (χ0n) is 17.7. The van der Waals surface area contributed by atoms with E-state index < -0.39 is 0 Å². The van der Waals surface area contributed by atoms with Gasteiger partial charge in [0.1, 0.15) is 11.6 Å². The lowest BCUT2D eigenvalue weighted by Crippen LogP contribution is -2.21.